The second-order valence-corrected chi connectivity index (χ2v) is 8.00. The number of anilines is 2. The molecule has 1 heterocycles. The zero-order valence-electron chi connectivity index (χ0n) is 17.8. The average Bonchev–Trinajstić information content (AvgIpc) is 2.76. The monoisotopic (exact) mass is 435 g/mol. The van der Waals surface area contributed by atoms with E-state index in [4.69, 9.17) is 0 Å². The zero-order chi connectivity index (χ0) is 22.2. The predicted octanol–water partition coefficient (Wildman–Crippen LogP) is 4.60. The number of hydrogen-bond donors (Lipinski definition) is 2. The minimum atomic E-state index is -0.353. The largest absolute Gasteiger partial charge is 0.324 e. The second kappa shape index (κ2) is 10.6. The Labute approximate surface area is 186 Å². The normalized spacial score (nSPS) is 10.4. The topological polar surface area (TPSA) is 87.2 Å². The summed E-state index contributed by atoms with van der Waals surface area (Å²) in [5.74, 6) is -0.245. The van der Waals surface area contributed by atoms with E-state index in [1.54, 1.807) is 25.5 Å². The van der Waals surface area contributed by atoms with Gasteiger partial charge in [-0.1, -0.05) is 25.1 Å². The van der Waals surface area contributed by atoms with Gasteiger partial charge in [-0.15, -0.1) is 0 Å². The van der Waals surface area contributed by atoms with Gasteiger partial charge in [-0.2, -0.15) is 0 Å². The molecule has 31 heavy (non-hydrogen) atoms. The predicted molar refractivity (Wildman–Crippen MR) is 123 cm³/mol. The molecule has 0 atom stereocenters. The van der Waals surface area contributed by atoms with Crippen LogP contribution in [0.1, 0.15) is 18.1 Å². The van der Waals surface area contributed by atoms with Crippen molar-refractivity contribution >= 4 is 35.1 Å². The van der Waals surface area contributed by atoms with Crippen LogP contribution in [-0.2, 0) is 11.2 Å². The summed E-state index contributed by atoms with van der Waals surface area (Å²) in [6, 6.07) is 14.8. The van der Waals surface area contributed by atoms with E-state index in [0.29, 0.717) is 10.8 Å². The van der Waals surface area contributed by atoms with Crippen molar-refractivity contribution in [3.8, 4) is 0 Å². The van der Waals surface area contributed by atoms with E-state index in [-0.39, 0.29) is 18.5 Å². The number of benzene rings is 2. The highest BCUT2D eigenvalue weighted by molar-refractivity contribution is 7.99. The molecule has 3 amide bonds. The van der Waals surface area contributed by atoms with E-state index in [1.165, 1.54) is 16.7 Å². The molecule has 0 saturated heterocycles. The number of rotatable bonds is 7. The van der Waals surface area contributed by atoms with Crippen LogP contribution < -0.4 is 10.6 Å². The molecule has 0 spiro atoms. The molecule has 0 aliphatic heterocycles. The summed E-state index contributed by atoms with van der Waals surface area (Å²) in [5.41, 5.74) is 3.42. The molecule has 0 unspecified atom stereocenters. The molecular formula is C23H25N5O2S. The number of para-hydroxylation sites is 1. The van der Waals surface area contributed by atoms with Crippen molar-refractivity contribution in [2.45, 2.75) is 30.3 Å². The van der Waals surface area contributed by atoms with Crippen LogP contribution in [0.15, 0.2) is 71.0 Å². The van der Waals surface area contributed by atoms with E-state index in [2.05, 4.69) is 20.6 Å². The SMILES string of the molecule is CCc1ccccc1NC(=O)CN(C)C(=O)Nc1ccc(Sc2ncccn2)cc1C. The minimum absolute atomic E-state index is 0.0534. The number of carbonyl (C=O) groups is 2. The number of nitrogens with zero attached hydrogens (tertiary/aromatic N) is 3. The van der Waals surface area contributed by atoms with Crippen molar-refractivity contribution in [1.29, 1.82) is 0 Å². The first-order chi connectivity index (χ1) is 15.0. The summed E-state index contributed by atoms with van der Waals surface area (Å²) in [6.07, 6.45) is 4.21. The van der Waals surface area contributed by atoms with Gasteiger partial charge in [-0.05, 0) is 66.6 Å². The Morgan fingerprint density at radius 1 is 1.00 bits per heavy atom. The Balaban J connectivity index is 1.57. The highest BCUT2D eigenvalue weighted by Gasteiger charge is 2.15. The Bertz CT molecular complexity index is 1060. The van der Waals surface area contributed by atoms with Crippen molar-refractivity contribution in [3.63, 3.8) is 0 Å². The van der Waals surface area contributed by atoms with Crippen LogP contribution in [0.4, 0.5) is 16.2 Å². The van der Waals surface area contributed by atoms with E-state index < -0.39 is 0 Å². The lowest BCUT2D eigenvalue weighted by Crippen LogP contribution is -2.37. The van der Waals surface area contributed by atoms with Crippen LogP contribution in [0, 0.1) is 6.92 Å². The van der Waals surface area contributed by atoms with Crippen LogP contribution in [0.3, 0.4) is 0 Å². The van der Waals surface area contributed by atoms with Crippen molar-refractivity contribution < 1.29 is 9.59 Å². The third-order valence-corrected chi connectivity index (χ3v) is 5.47. The molecule has 160 valence electrons. The molecular weight excluding hydrogens is 410 g/mol. The number of amides is 3. The van der Waals surface area contributed by atoms with Crippen LogP contribution in [-0.4, -0.2) is 40.4 Å². The van der Waals surface area contributed by atoms with E-state index in [0.717, 1.165) is 28.1 Å². The zero-order valence-corrected chi connectivity index (χ0v) is 18.6. The fourth-order valence-corrected chi connectivity index (χ4v) is 3.73. The molecule has 0 saturated carbocycles. The number of carbonyl (C=O) groups excluding carboxylic acids is 2. The summed E-state index contributed by atoms with van der Waals surface area (Å²) in [5, 5.41) is 6.40. The van der Waals surface area contributed by atoms with Gasteiger partial charge in [0.05, 0.1) is 0 Å². The molecule has 0 aliphatic rings. The van der Waals surface area contributed by atoms with Gasteiger partial charge in [0.15, 0.2) is 5.16 Å². The van der Waals surface area contributed by atoms with E-state index in [9.17, 15) is 9.59 Å². The van der Waals surface area contributed by atoms with E-state index >= 15 is 0 Å². The summed E-state index contributed by atoms with van der Waals surface area (Å²) < 4.78 is 0. The third kappa shape index (κ3) is 6.29. The second-order valence-electron chi connectivity index (χ2n) is 6.96. The molecule has 0 bridgehead atoms. The number of likely N-dealkylation sites (N-methyl/N-ethyl adjacent to an activating group) is 1. The summed E-state index contributed by atoms with van der Waals surface area (Å²) in [7, 11) is 1.59. The molecule has 8 heteroatoms. The standard InChI is InChI=1S/C23H25N5O2S/c1-4-17-8-5-6-9-20(17)26-21(29)15-28(3)23(30)27-19-11-10-18(14-16(19)2)31-22-24-12-7-13-25-22/h5-14H,4,15H2,1-3H3,(H,26,29)(H,27,30). The third-order valence-electron chi connectivity index (χ3n) is 4.59. The molecule has 7 nitrogen and oxygen atoms in total. The summed E-state index contributed by atoms with van der Waals surface area (Å²) in [4.78, 5) is 35.7. The Morgan fingerprint density at radius 3 is 2.45 bits per heavy atom. The van der Waals surface area contributed by atoms with Gasteiger partial charge in [-0.3, -0.25) is 4.79 Å². The number of hydrogen-bond acceptors (Lipinski definition) is 5. The van der Waals surface area contributed by atoms with Gasteiger partial charge < -0.3 is 15.5 Å². The maximum Gasteiger partial charge on any atom is 0.322 e. The number of nitrogens with one attached hydrogen (secondary N) is 2. The average molecular weight is 436 g/mol. The van der Waals surface area contributed by atoms with Crippen LogP contribution in [0.5, 0.6) is 0 Å². The van der Waals surface area contributed by atoms with Gasteiger partial charge in [0.2, 0.25) is 5.91 Å². The summed E-state index contributed by atoms with van der Waals surface area (Å²) >= 11 is 1.45. The number of aromatic nitrogens is 2. The first-order valence-corrected chi connectivity index (χ1v) is 10.7. The first kappa shape index (κ1) is 22.3. The van der Waals surface area contributed by atoms with Gasteiger partial charge in [0.25, 0.3) is 0 Å². The van der Waals surface area contributed by atoms with Crippen LogP contribution in [0.25, 0.3) is 0 Å². The molecule has 0 aliphatic carbocycles. The van der Waals surface area contributed by atoms with Crippen molar-refractivity contribution in [2.75, 3.05) is 24.2 Å². The van der Waals surface area contributed by atoms with Crippen molar-refractivity contribution in [2.24, 2.45) is 0 Å². The molecule has 3 aromatic rings. The fourth-order valence-electron chi connectivity index (χ4n) is 2.92. The van der Waals surface area contributed by atoms with Gasteiger partial charge in [-0.25, -0.2) is 14.8 Å². The molecule has 0 fully saturated rings. The van der Waals surface area contributed by atoms with Crippen molar-refractivity contribution in [1.82, 2.24) is 14.9 Å². The first-order valence-electron chi connectivity index (χ1n) is 9.91. The Morgan fingerprint density at radius 2 is 1.74 bits per heavy atom. The maximum absolute atomic E-state index is 12.6. The quantitative estimate of drug-likeness (QED) is 0.530. The summed E-state index contributed by atoms with van der Waals surface area (Å²) in [6.45, 7) is 3.89. The van der Waals surface area contributed by atoms with Gasteiger partial charge >= 0.3 is 6.03 Å². The lowest BCUT2D eigenvalue weighted by atomic mass is 10.1. The van der Waals surface area contributed by atoms with Gasteiger partial charge in [0, 0.05) is 35.7 Å². The molecule has 3 rings (SSSR count). The number of aryl methyl sites for hydroxylation is 2. The highest BCUT2D eigenvalue weighted by atomic mass is 32.2. The number of urea groups is 1. The Kier molecular flexibility index (Phi) is 7.61. The smallest absolute Gasteiger partial charge is 0.322 e. The maximum atomic E-state index is 12.6. The minimum Gasteiger partial charge on any atom is -0.324 e. The molecule has 1 aromatic heterocycles. The van der Waals surface area contributed by atoms with E-state index in [1.807, 2.05) is 56.3 Å². The molecule has 2 N–H and O–H groups in total. The lowest BCUT2D eigenvalue weighted by molar-refractivity contribution is -0.116. The van der Waals surface area contributed by atoms with Gasteiger partial charge in [0.1, 0.15) is 6.54 Å². The van der Waals surface area contributed by atoms with Crippen molar-refractivity contribution in [3.05, 3.63) is 72.1 Å². The van der Waals surface area contributed by atoms with Crippen LogP contribution in [0.2, 0.25) is 0 Å². The fraction of sp³-hybridized carbons (Fsp3) is 0.217. The lowest BCUT2D eigenvalue weighted by Gasteiger charge is -2.19. The highest BCUT2D eigenvalue weighted by Crippen LogP contribution is 2.28. The Hall–Kier alpha value is -3.39. The molecule has 2 aromatic carbocycles. The molecule has 0 radical (unpaired) electrons. The van der Waals surface area contributed by atoms with Crippen LogP contribution >= 0.6 is 11.8 Å².